The van der Waals surface area contributed by atoms with E-state index >= 15 is 0 Å². The molecule has 1 aliphatic heterocycles. The van der Waals surface area contributed by atoms with Crippen LogP contribution in [0.25, 0.3) is 0 Å². The van der Waals surface area contributed by atoms with E-state index in [0.29, 0.717) is 17.2 Å². The molecule has 1 saturated carbocycles. The summed E-state index contributed by atoms with van der Waals surface area (Å²) in [5.74, 6) is 1.17. The van der Waals surface area contributed by atoms with Crippen molar-refractivity contribution in [2.24, 2.45) is 5.92 Å². The molecule has 3 rings (SSSR count). The Morgan fingerprint density at radius 2 is 1.83 bits per heavy atom. The van der Waals surface area contributed by atoms with Crippen molar-refractivity contribution in [3.63, 3.8) is 0 Å². The maximum absolute atomic E-state index is 12.4. The molecule has 1 heterocycles. The maximum Gasteiger partial charge on any atom is 0.251 e. The number of hydrogen-bond acceptors (Lipinski definition) is 3. The van der Waals surface area contributed by atoms with Crippen LogP contribution in [0.2, 0.25) is 0 Å². The van der Waals surface area contributed by atoms with Crippen molar-refractivity contribution in [1.82, 2.24) is 10.2 Å². The van der Waals surface area contributed by atoms with Crippen LogP contribution >= 0.6 is 0 Å². The lowest BCUT2D eigenvalue weighted by Gasteiger charge is -2.34. The molecule has 0 spiro atoms. The largest absolute Gasteiger partial charge is 0.497 e. The second kappa shape index (κ2) is 7.69. The molecular weight excluding hydrogens is 304 g/mol. The number of rotatable bonds is 4. The summed E-state index contributed by atoms with van der Waals surface area (Å²) in [4.78, 5) is 26.8. The Kier molecular flexibility index (Phi) is 5.38. The third-order valence-corrected chi connectivity index (χ3v) is 5.18. The Morgan fingerprint density at radius 3 is 2.50 bits per heavy atom. The zero-order valence-electron chi connectivity index (χ0n) is 14.3. The van der Waals surface area contributed by atoms with Gasteiger partial charge in [-0.25, -0.2) is 0 Å². The molecule has 5 nitrogen and oxygen atoms in total. The van der Waals surface area contributed by atoms with E-state index in [2.05, 4.69) is 5.32 Å². The topological polar surface area (TPSA) is 58.6 Å². The maximum atomic E-state index is 12.4. The molecule has 2 amide bonds. The molecule has 1 saturated heterocycles. The second-order valence-electron chi connectivity index (χ2n) is 6.79. The van der Waals surface area contributed by atoms with Crippen molar-refractivity contribution in [3.8, 4) is 5.75 Å². The smallest absolute Gasteiger partial charge is 0.251 e. The van der Waals surface area contributed by atoms with Gasteiger partial charge >= 0.3 is 0 Å². The highest BCUT2D eigenvalue weighted by Crippen LogP contribution is 2.27. The monoisotopic (exact) mass is 330 g/mol. The summed E-state index contributed by atoms with van der Waals surface area (Å²) in [5.41, 5.74) is 0.610. The Labute approximate surface area is 143 Å². The molecule has 1 aromatic carbocycles. The number of nitrogens with one attached hydrogen (secondary N) is 1. The van der Waals surface area contributed by atoms with Gasteiger partial charge in [-0.2, -0.15) is 0 Å². The summed E-state index contributed by atoms with van der Waals surface area (Å²) in [6, 6.07) is 7.31. The van der Waals surface area contributed by atoms with Crippen LogP contribution in [0, 0.1) is 5.92 Å². The van der Waals surface area contributed by atoms with Crippen molar-refractivity contribution >= 4 is 11.8 Å². The quantitative estimate of drug-likeness (QED) is 0.923. The summed E-state index contributed by atoms with van der Waals surface area (Å²) in [5, 5.41) is 3.08. The van der Waals surface area contributed by atoms with Crippen LogP contribution in [0.15, 0.2) is 24.3 Å². The number of methoxy groups -OCH3 is 1. The molecule has 5 heteroatoms. The van der Waals surface area contributed by atoms with Gasteiger partial charge in [0.2, 0.25) is 5.91 Å². The van der Waals surface area contributed by atoms with Gasteiger partial charge in [-0.05, 0) is 43.9 Å². The summed E-state index contributed by atoms with van der Waals surface area (Å²) in [7, 11) is 1.59. The van der Waals surface area contributed by atoms with Crippen LogP contribution in [0.3, 0.4) is 0 Å². The normalized spacial score (nSPS) is 19.3. The molecule has 1 N–H and O–H groups in total. The first kappa shape index (κ1) is 16.8. The SMILES string of the molecule is COc1cccc(C(=O)NC2CCN(C(=O)C3CCCC3)CC2)c1. The molecule has 2 aliphatic rings. The number of hydrogen-bond donors (Lipinski definition) is 1. The lowest BCUT2D eigenvalue weighted by atomic mass is 10.0. The van der Waals surface area contributed by atoms with Gasteiger partial charge < -0.3 is 15.0 Å². The molecule has 130 valence electrons. The van der Waals surface area contributed by atoms with E-state index in [0.717, 1.165) is 38.8 Å². The molecule has 0 aromatic heterocycles. The van der Waals surface area contributed by atoms with Gasteiger partial charge in [0.25, 0.3) is 5.91 Å². The molecule has 0 bridgehead atoms. The van der Waals surface area contributed by atoms with E-state index in [9.17, 15) is 9.59 Å². The number of carbonyl (C=O) groups is 2. The van der Waals surface area contributed by atoms with E-state index in [1.54, 1.807) is 19.2 Å². The van der Waals surface area contributed by atoms with E-state index in [4.69, 9.17) is 4.74 Å². The average molecular weight is 330 g/mol. The van der Waals surface area contributed by atoms with Crippen molar-refractivity contribution in [2.45, 2.75) is 44.6 Å². The van der Waals surface area contributed by atoms with Crippen LogP contribution in [0.5, 0.6) is 5.75 Å². The summed E-state index contributed by atoms with van der Waals surface area (Å²) in [6.07, 6.45) is 6.12. The van der Waals surface area contributed by atoms with Crippen molar-refractivity contribution in [2.75, 3.05) is 20.2 Å². The summed E-state index contributed by atoms with van der Waals surface area (Å²) in [6.45, 7) is 1.50. The number of likely N-dealkylation sites (tertiary alicyclic amines) is 1. The van der Waals surface area contributed by atoms with Gasteiger partial charge in [0.05, 0.1) is 7.11 Å². The van der Waals surface area contributed by atoms with E-state index in [-0.39, 0.29) is 17.9 Å². The molecular formula is C19H26N2O3. The fourth-order valence-electron chi connectivity index (χ4n) is 3.71. The summed E-state index contributed by atoms with van der Waals surface area (Å²) < 4.78 is 5.16. The third kappa shape index (κ3) is 3.89. The zero-order valence-corrected chi connectivity index (χ0v) is 14.3. The Bertz CT molecular complexity index is 588. The number of amides is 2. The van der Waals surface area contributed by atoms with Crippen LogP contribution in [-0.2, 0) is 4.79 Å². The molecule has 2 fully saturated rings. The minimum absolute atomic E-state index is 0.0746. The highest BCUT2D eigenvalue weighted by molar-refractivity contribution is 5.94. The predicted octanol–water partition coefficient (Wildman–Crippen LogP) is 2.61. The lowest BCUT2D eigenvalue weighted by molar-refractivity contribution is -0.136. The van der Waals surface area contributed by atoms with Crippen LogP contribution in [-0.4, -0.2) is 43.0 Å². The molecule has 0 atom stereocenters. The zero-order chi connectivity index (χ0) is 16.9. The first-order valence-corrected chi connectivity index (χ1v) is 8.91. The first-order chi connectivity index (χ1) is 11.7. The third-order valence-electron chi connectivity index (χ3n) is 5.18. The predicted molar refractivity (Wildman–Crippen MR) is 92.0 cm³/mol. The molecule has 1 aliphatic carbocycles. The van der Waals surface area contributed by atoms with E-state index in [1.807, 2.05) is 17.0 Å². The Balaban J connectivity index is 1.49. The number of benzene rings is 1. The lowest BCUT2D eigenvalue weighted by Crippen LogP contribution is -2.47. The van der Waals surface area contributed by atoms with Gasteiger partial charge in [0.15, 0.2) is 0 Å². The standard InChI is InChI=1S/C19H26N2O3/c1-24-17-8-4-7-15(13-17)18(22)20-16-9-11-21(12-10-16)19(23)14-5-2-3-6-14/h4,7-8,13-14,16H,2-3,5-6,9-12H2,1H3,(H,20,22). The van der Waals surface area contributed by atoms with Crippen LogP contribution < -0.4 is 10.1 Å². The van der Waals surface area contributed by atoms with E-state index in [1.165, 1.54) is 12.8 Å². The Hall–Kier alpha value is -2.04. The number of piperidine rings is 1. The van der Waals surface area contributed by atoms with Crippen molar-refractivity contribution < 1.29 is 14.3 Å². The van der Waals surface area contributed by atoms with Crippen LogP contribution in [0.1, 0.15) is 48.9 Å². The fourth-order valence-corrected chi connectivity index (χ4v) is 3.71. The number of nitrogens with zero attached hydrogens (tertiary/aromatic N) is 1. The van der Waals surface area contributed by atoms with Gasteiger partial charge in [-0.1, -0.05) is 18.9 Å². The average Bonchev–Trinajstić information content (AvgIpc) is 3.16. The highest BCUT2D eigenvalue weighted by Gasteiger charge is 2.30. The first-order valence-electron chi connectivity index (χ1n) is 8.91. The molecule has 1 aromatic rings. The Morgan fingerprint density at radius 1 is 1.12 bits per heavy atom. The van der Waals surface area contributed by atoms with Crippen molar-refractivity contribution in [3.05, 3.63) is 29.8 Å². The van der Waals surface area contributed by atoms with Gasteiger partial charge in [0, 0.05) is 30.6 Å². The highest BCUT2D eigenvalue weighted by atomic mass is 16.5. The van der Waals surface area contributed by atoms with Gasteiger partial charge in [-0.3, -0.25) is 9.59 Å². The number of ether oxygens (including phenoxy) is 1. The minimum Gasteiger partial charge on any atom is -0.497 e. The van der Waals surface area contributed by atoms with Crippen molar-refractivity contribution in [1.29, 1.82) is 0 Å². The minimum atomic E-state index is -0.0746. The molecule has 0 unspecified atom stereocenters. The number of carbonyl (C=O) groups excluding carboxylic acids is 2. The second-order valence-corrected chi connectivity index (χ2v) is 6.79. The molecule has 0 radical (unpaired) electrons. The summed E-state index contributed by atoms with van der Waals surface area (Å²) >= 11 is 0. The van der Waals surface area contributed by atoms with Crippen LogP contribution in [0.4, 0.5) is 0 Å². The van der Waals surface area contributed by atoms with Gasteiger partial charge in [-0.15, -0.1) is 0 Å². The molecule has 24 heavy (non-hydrogen) atoms. The van der Waals surface area contributed by atoms with E-state index < -0.39 is 0 Å². The van der Waals surface area contributed by atoms with Gasteiger partial charge in [0.1, 0.15) is 5.75 Å². The fraction of sp³-hybridized carbons (Fsp3) is 0.579.